The summed E-state index contributed by atoms with van der Waals surface area (Å²) in [5.74, 6) is 1.59. The summed E-state index contributed by atoms with van der Waals surface area (Å²) in [6, 6.07) is 7.02. The van der Waals surface area contributed by atoms with E-state index in [2.05, 4.69) is 22.4 Å². The third-order valence-electron chi connectivity index (χ3n) is 11.3. The van der Waals surface area contributed by atoms with Crippen LogP contribution in [0.25, 0.3) is 32.9 Å². The fraction of sp³-hybridized carbons (Fsp3) is 0.405. The van der Waals surface area contributed by atoms with Crippen LogP contribution in [-0.2, 0) is 0 Å². The molecule has 5 aliphatic heterocycles. The van der Waals surface area contributed by atoms with Crippen molar-refractivity contribution in [2.24, 2.45) is 0 Å². The van der Waals surface area contributed by atoms with Crippen molar-refractivity contribution < 1.29 is 28.2 Å². The Morgan fingerprint density at radius 3 is 2.88 bits per heavy atom. The summed E-state index contributed by atoms with van der Waals surface area (Å²) in [5.41, 5.74) is 1.08. The highest BCUT2D eigenvalue weighted by atomic mass is 19.1. The van der Waals surface area contributed by atoms with Crippen molar-refractivity contribution in [2.75, 3.05) is 31.1 Å². The van der Waals surface area contributed by atoms with E-state index in [1.807, 2.05) is 11.8 Å². The van der Waals surface area contributed by atoms with Crippen LogP contribution >= 0.6 is 0 Å². The van der Waals surface area contributed by atoms with Crippen molar-refractivity contribution in [3.8, 4) is 35.5 Å². The van der Waals surface area contributed by atoms with E-state index in [-0.39, 0.29) is 51.7 Å². The number of fused-ring (bicyclic) bond motifs is 7. The molecule has 5 aliphatic rings. The van der Waals surface area contributed by atoms with Crippen LogP contribution < -0.4 is 14.4 Å². The summed E-state index contributed by atoms with van der Waals surface area (Å²) in [6.45, 7) is 8.53. The standard InChI is InChI=1S/C37H34F2N6O4/c1-4-23-25(38)11-9-21-7-5-8-24(27(21)23)30-29(39)31-28-33(42-35(41-31)48-18-37-13-6-14-43(37)16-19(2)15-37)44-17-22-10-12-26(45(22)36(46)47)32(44)20(3)49-34(28)40-30/h1,5,7-9,11,20,22,26,32H,2,6,10,12-18H2,3H3,(H,46,47)/t20?,22?,26?,32?,37-/m0/s1. The Kier molecular flexibility index (Phi) is 6.59. The number of halogens is 2. The summed E-state index contributed by atoms with van der Waals surface area (Å²) in [4.78, 5) is 32.7. The van der Waals surface area contributed by atoms with Crippen LogP contribution in [0.4, 0.5) is 19.4 Å². The number of hydrogen-bond donors (Lipinski definition) is 1. The minimum absolute atomic E-state index is 0.00222. The number of ether oxygens (including phenoxy) is 2. The van der Waals surface area contributed by atoms with E-state index in [0.29, 0.717) is 48.1 Å². The van der Waals surface area contributed by atoms with Gasteiger partial charge in [0.1, 0.15) is 40.9 Å². The summed E-state index contributed by atoms with van der Waals surface area (Å²) in [5, 5.41) is 11.4. The molecule has 1 N–H and O–H groups in total. The molecule has 0 spiro atoms. The molecule has 2 aromatic carbocycles. The van der Waals surface area contributed by atoms with E-state index in [0.717, 1.165) is 37.9 Å². The molecule has 12 heteroatoms. The molecule has 1 amide bonds. The molecular formula is C37H34F2N6O4. The van der Waals surface area contributed by atoms with Gasteiger partial charge in [0.2, 0.25) is 5.88 Å². The summed E-state index contributed by atoms with van der Waals surface area (Å²) in [7, 11) is 0. The summed E-state index contributed by atoms with van der Waals surface area (Å²) in [6.07, 6.45) is 8.40. The largest absolute Gasteiger partial charge is 0.472 e. The van der Waals surface area contributed by atoms with Crippen LogP contribution in [0, 0.1) is 24.0 Å². The lowest BCUT2D eigenvalue weighted by atomic mass is 9.94. The van der Waals surface area contributed by atoms with E-state index in [9.17, 15) is 9.90 Å². The SMILES string of the molecule is C#Cc1c(F)ccc2cccc(-c3nc4c5c(nc(OC[C@@]67CCCN6CC(=C)C7)nc5c3F)N3CC5CCC(C3C(C)O4)N5C(=O)O)c12. The average Bonchev–Trinajstić information content (AvgIpc) is 3.69. The summed E-state index contributed by atoms with van der Waals surface area (Å²) < 4.78 is 45.2. The first kappa shape index (κ1) is 30.1. The number of aromatic nitrogens is 3. The maximum Gasteiger partial charge on any atom is 0.407 e. The maximum absolute atomic E-state index is 17.2. The van der Waals surface area contributed by atoms with Gasteiger partial charge in [-0.1, -0.05) is 42.3 Å². The molecule has 49 heavy (non-hydrogen) atoms. The van der Waals surface area contributed by atoms with Crippen LogP contribution in [0.3, 0.4) is 0 Å². The molecule has 10 nitrogen and oxygen atoms in total. The number of benzene rings is 2. The first-order valence-corrected chi connectivity index (χ1v) is 16.8. The highest BCUT2D eigenvalue weighted by Gasteiger charge is 2.53. The van der Waals surface area contributed by atoms with E-state index in [1.165, 1.54) is 11.0 Å². The van der Waals surface area contributed by atoms with Crippen molar-refractivity contribution in [1.29, 1.82) is 0 Å². The second-order valence-corrected chi connectivity index (χ2v) is 14.0. The molecule has 5 atom stereocenters. The first-order chi connectivity index (χ1) is 23.7. The summed E-state index contributed by atoms with van der Waals surface area (Å²) >= 11 is 0. The van der Waals surface area contributed by atoms with E-state index in [4.69, 9.17) is 25.9 Å². The molecular weight excluding hydrogens is 630 g/mol. The van der Waals surface area contributed by atoms with Gasteiger partial charge in [0, 0.05) is 24.0 Å². The zero-order valence-electron chi connectivity index (χ0n) is 27.0. The number of hydrogen-bond acceptors (Lipinski definition) is 8. The van der Waals surface area contributed by atoms with Crippen molar-refractivity contribution in [3.63, 3.8) is 0 Å². The van der Waals surface area contributed by atoms with Gasteiger partial charge >= 0.3 is 12.1 Å². The Morgan fingerprint density at radius 2 is 2.06 bits per heavy atom. The molecule has 9 rings (SSSR count). The number of pyridine rings is 1. The molecule has 4 fully saturated rings. The van der Waals surface area contributed by atoms with Gasteiger partial charge in [0.25, 0.3) is 0 Å². The second kappa shape index (κ2) is 10.7. The Morgan fingerprint density at radius 1 is 1.20 bits per heavy atom. The van der Waals surface area contributed by atoms with Crippen molar-refractivity contribution in [3.05, 3.63) is 59.7 Å². The zero-order valence-corrected chi connectivity index (χ0v) is 27.0. The van der Waals surface area contributed by atoms with Gasteiger partial charge in [-0.2, -0.15) is 9.97 Å². The lowest BCUT2D eigenvalue weighted by molar-refractivity contribution is 0.0706. The van der Waals surface area contributed by atoms with Crippen LogP contribution in [0.15, 0.2) is 42.5 Å². The van der Waals surface area contributed by atoms with Crippen LogP contribution in [0.1, 0.15) is 44.6 Å². The van der Waals surface area contributed by atoms with Crippen LogP contribution in [0.2, 0.25) is 0 Å². The van der Waals surface area contributed by atoms with Crippen LogP contribution in [0.5, 0.6) is 11.9 Å². The van der Waals surface area contributed by atoms with Gasteiger partial charge in [-0.3, -0.25) is 9.80 Å². The normalized spacial score (nSPS) is 27.2. The fourth-order valence-corrected chi connectivity index (χ4v) is 9.30. The minimum Gasteiger partial charge on any atom is -0.472 e. The molecule has 7 heterocycles. The smallest absolute Gasteiger partial charge is 0.407 e. The molecule has 250 valence electrons. The number of piperazine rings is 1. The third-order valence-corrected chi connectivity index (χ3v) is 11.3. The predicted molar refractivity (Wildman–Crippen MR) is 179 cm³/mol. The minimum atomic E-state index is -0.976. The third kappa shape index (κ3) is 4.34. The Bertz CT molecular complexity index is 2150. The molecule has 4 saturated heterocycles. The zero-order chi connectivity index (χ0) is 33.8. The molecule has 0 radical (unpaired) electrons. The molecule has 2 bridgehead atoms. The van der Waals surface area contributed by atoms with E-state index >= 15 is 8.78 Å². The molecule has 4 unspecified atom stereocenters. The lowest BCUT2D eigenvalue weighted by Crippen LogP contribution is -2.64. The molecule has 0 aliphatic carbocycles. The Hall–Kier alpha value is -5.02. The quantitative estimate of drug-likeness (QED) is 0.216. The van der Waals surface area contributed by atoms with Gasteiger partial charge < -0.3 is 19.5 Å². The molecule has 2 aromatic heterocycles. The van der Waals surface area contributed by atoms with Gasteiger partial charge in [-0.05, 0) is 57.0 Å². The number of carbonyl (C=O) groups is 1. The van der Waals surface area contributed by atoms with Crippen molar-refractivity contribution >= 4 is 33.6 Å². The number of nitrogens with zero attached hydrogens (tertiary/aromatic N) is 6. The monoisotopic (exact) mass is 664 g/mol. The average molecular weight is 665 g/mol. The number of carboxylic acid groups (broad SMARTS) is 1. The number of amides is 1. The number of rotatable bonds is 4. The van der Waals surface area contributed by atoms with E-state index in [1.54, 1.807) is 24.3 Å². The fourth-order valence-electron chi connectivity index (χ4n) is 9.30. The highest BCUT2D eigenvalue weighted by molar-refractivity contribution is 6.03. The van der Waals surface area contributed by atoms with Crippen molar-refractivity contribution in [1.82, 2.24) is 24.8 Å². The van der Waals surface area contributed by atoms with Crippen molar-refractivity contribution in [2.45, 2.75) is 68.8 Å². The first-order valence-electron chi connectivity index (χ1n) is 16.8. The molecule has 4 aromatic rings. The lowest BCUT2D eigenvalue weighted by Gasteiger charge is -2.47. The van der Waals surface area contributed by atoms with Gasteiger partial charge in [0.15, 0.2) is 5.82 Å². The topological polar surface area (TPSA) is 104 Å². The highest BCUT2D eigenvalue weighted by Crippen LogP contribution is 2.47. The van der Waals surface area contributed by atoms with E-state index < -0.39 is 29.9 Å². The second-order valence-electron chi connectivity index (χ2n) is 14.0. The maximum atomic E-state index is 17.2. The van der Waals surface area contributed by atoms with Gasteiger partial charge in [0.05, 0.1) is 29.2 Å². The Balaban J connectivity index is 1.25. The number of anilines is 1. The van der Waals surface area contributed by atoms with Crippen LogP contribution in [-0.4, -0.2) is 92.0 Å². The van der Waals surface area contributed by atoms with Gasteiger partial charge in [-0.25, -0.2) is 18.6 Å². The molecule has 0 saturated carbocycles. The van der Waals surface area contributed by atoms with Gasteiger partial charge in [-0.15, -0.1) is 6.42 Å². The Labute approximate surface area is 281 Å². The number of terminal acetylenes is 1. The predicted octanol–water partition coefficient (Wildman–Crippen LogP) is 5.76.